The normalized spacial score (nSPS) is 17.0. The molecular formula is C15H25ClN4O. The molecule has 1 aliphatic rings. The van der Waals surface area contributed by atoms with Crippen molar-refractivity contribution in [3.63, 3.8) is 0 Å². The summed E-state index contributed by atoms with van der Waals surface area (Å²) in [5.41, 5.74) is 0. The van der Waals surface area contributed by atoms with Gasteiger partial charge in [0.05, 0.1) is 11.2 Å². The van der Waals surface area contributed by atoms with E-state index in [1.165, 1.54) is 0 Å². The second-order valence-electron chi connectivity index (χ2n) is 5.71. The summed E-state index contributed by atoms with van der Waals surface area (Å²) in [7, 11) is 0. The van der Waals surface area contributed by atoms with Crippen molar-refractivity contribution in [3.05, 3.63) is 17.4 Å². The Kier molecular flexibility index (Phi) is 6.51. The molecule has 1 aliphatic heterocycles. The zero-order chi connectivity index (χ0) is 15.1. The number of aryl methyl sites for hydroxylation is 1. The minimum Gasteiger partial charge on any atom is -0.356 e. The van der Waals surface area contributed by atoms with Gasteiger partial charge in [-0.2, -0.15) is 5.10 Å². The quantitative estimate of drug-likeness (QED) is 0.785. The zero-order valence-electron chi connectivity index (χ0n) is 12.7. The number of aromatic nitrogens is 2. The largest absolute Gasteiger partial charge is 0.356 e. The number of likely N-dealkylation sites (tertiary alicyclic amines) is 1. The van der Waals surface area contributed by atoms with Gasteiger partial charge in [-0.15, -0.1) is 0 Å². The summed E-state index contributed by atoms with van der Waals surface area (Å²) in [4.78, 5) is 14.4. The molecule has 1 aromatic rings. The van der Waals surface area contributed by atoms with Crippen molar-refractivity contribution < 1.29 is 4.79 Å². The lowest BCUT2D eigenvalue weighted by molar-refractivity contribution is -0.122. The van der Waals surface area contributed by atoms with Crippen LogP contribution >= 0.6 is 11.6 Å². The van der Waals surface area contributed by atoms with Crippen LogP contribution in [0.4, 0.5) is 0 Å². The number of hydrogen-bond donors (Lipinski definition) is 1. The molecule has 1 saturated heterocycles. The molecule has 21 heavy (non-hydrogen) atoms. The highest BCUT2D eigenvalue weighted by molar-refractivity contribution is 6.30. The van der Waals surface area contributed by atoms with Crippen molar-refractivity contribution in [1.29, 1.82) is 0 Å². The van der Waals surface area contributed by atoms with E-state index in [2.05, 4.69) is 22.2 Å². The monoisotopic (exact) mass is 312 g/mol. The van der Waals surface area contributed by atoms with E-state index in [9.17, 15) is 4.79 Å². The van der Waals surface area contributed by atoms with Gasteiger partial charge in [0.15, 0.2) is 0 Å². The maximum Gasteiger partial charge on any atom is 0.220 e. The number of amides is 1. The van der Waals surface area contributed by atoms with Crippen LogP contribution in [0.25, 0.3) is 0 Å². The molecule has 0 unspecified atom stereocenters. The molecule has 1 N–H and O–H groups in total. The standard InChI is InChI=1S/C15H25ClN4O/c1-2-19-8-4-13(5-9-19)10-15(21)17-6-3-7-20-12-14(16)11-18-20/h11-13H,2-10H2,1H3,(H,17,21). The molecule has 0 spiro atoms. The number of carbonyl (C=O) groups excluding carboxylic acids is 1. The molecule has 0 bridgehead atoms. The number of halogens is 1. The van der Waals surface area contributed by atoms with Crippen LogP contribution < -0.4 is 5.32 Å². The zero-order valence-corrected chi connectivity index (χ0v) is 13.5. The van der Waals surface area contributed by atoms with E-state index in [0.717, 1.165) is 45.4 Å². The highest BCUT2D eigenvalue weighted by Crippen LogP contribution is 2.19. The van der Waals surface area contributed by atoms with E-state index in [0.29, 0.717) is 23.9 Å². The molecule has 0 atom stereocenters. The number of rotatable bonds is 7. The number of nitrogens with zero attached hydrogens (tertiary/aromatic N) is 3. The Morgan fingerprint density at radius 1 is 1.48 bits per heavy atom. The first-order valence-electron chi connectivity index (χ1n) is 7.84. The number of nitrogens with one attached hydrogen (secondary N) is 1. The van der Waals surface area contributed by atoms with Gasteiger partial charge in [0.25, 0.3) is 0 Å². The predicted octanol–water partition coefficient (Wildman–Crippen LogP) is 2.16. The van der Waals surface area contributed by atoms with E-state index < -0.39 is 0 Å². The Morgan fingerprint density at radius 3 is 2.86 bits per heavy atom. The van der Waals surface area contributed by atoms with Crippen LogP contribution in [0.1, 0.15) is 32.6 Å². The Labute approximate surface area is 131 Å². The Hall–Kier alpha value is -1.07. The minimum absolute atomic E-state index is 0.184. The maximum absolute atomic E-state index is 11.9. The molecule has 0 aliphatic carbocycles. The molecule has 2 heterocycles. The van der Waals surface area contributed by atoms with Gasteiger partial charge in [0, 0.05) is 25.7 Å². The van der Waals surface area contributed by atoms with Crippen LogP contribution in [0.2, 0.25) is 5.02 Å². The minimum atomic E-state index is 0.184. The molecule has 0 aromatic carbocycles. The second kappa shape index (κ2) is 8.39. The first kappa shape index (κ1) is 16.3. The van der Waals surface area contributed by atoms with Crippen LogP contribution in [0.3, 0.4) is 0 Å². The first-order valence-corrected chi connectivity index (χ1v) is 8.22. The average molecular weight is 313 g/mol. The summed E-state index contributed by atoms with van der Waals surface area (Å²) < 4.78 is 1.80. The lowest BCUT2D eigenvalue weighted by Gasteiger charge is -2.30. The number of piperidine rings is 1. The van der Waals surface area contributed by atoms with Gasteiger partial charge in [-0.05, 0) is 44.8 Å². The summed E-state index contributed by atoms with van der Waals surface area (Å²) in [6.07, 6.45) is 7.26. The molecule has 6 heteroatoms. The molecule has 5 nitrogen and oxygen atoms in total. The third-order valence-corrected chi connectivity index (χ3v) is 4.31. The summed E-state index contributed by atoms with van der Waals surface area (Å²) in [6.45, 7) is 7.06. The van der Waals surface area contributed by atoms with Gasteiger partial charge in [0.2, 0.25) is 5.91 Å². The van der Waals surface area contributed by atoms with Crippen molar-refractivity contribution in [2.75, 3.05) is 26.2 Å². The fraction of sp³-hybridized carbons (Fsp3) is 0.733. The average Bonchev–Trinajstić information content (AvgIpc) is 2.90. The molecule has 1 aromatic heterocycles. The van der Waals surface area contributed by atoms with Crippen molar-refractivity contribution in [2.45, 2.75) is 39.2 Å². The van der Waals surface area contributed by atoms with Crippen molar-refractivity contribution >= 4 is 17.5 Å². The number of hydrogen-bond acceptors (Lipinski definition) is 3. The Morgan fingerprint density at radius 2 is 2.24 bits per heavy atom. The van der Waals surface area contributed by atoms with Crippen molar-refractivity contribution in [3.8, 4) is 0 Å². The topological polar surface area (TPSA) is 50.2 Å². The first-order chi connectivity index (χ1) is 10.2. The van der Waals surface area contributed by atoms with E-state index in [4.69, 9.17) is 11.6 Å². The van der Waals surface area contributed by atoms with Crippen LogP contribution in [-0.2, 0) is 11.3 Å². The Bertz CT molecular complexity index is 441. The molecule has 0 radical (unpaired) electrons. The van der Waals surface area contributed by atoms with Crippen LogP contribution in [0.15, 0.2) is 12.4 Å². The SMILES string of the molecule is CCN1CCC(CC(=O)NCCCn2cc(Cl)cn2)CC1. The molecular weight excluding hydrogens is 288 g/mol. The van der Waals surface area contributed by atoms with Gasteiger partial charge in [0.1, 0.15) is 0 Å². The summed E-state index contributed by atoms with van der Waals surface area (Å²) in [6, 6.07) is 0. The van der Waals surface area contributed by atoms with Crippen LogP contribution in [-0.4, -0.2) is 46.8 Å². The van der Waals surface area contributed by atoms with Gasteiger partial charge in [-0.25, -0.2) is 0 Å². The van der Waals surface area contributed by atoms with E-state index in [1.807, 2.05) is 0 Å². The second-order valence-corrected chi connectivity index (χ2v) is 6.14. The lowest BCUT2D eigenvalue weighted by atomic mass is 9.93. The van der Waals surface area contributed by atoms with Crippen molar-refractivity contribution in [2.24, 2.45) is 5.92 Å². The highest BCUT2D eigenvalue weighted by atomic mass is 35.5. The van der Waals surface area contributed by atoms with Gasteiger partial charge in [-0.3, -0.25) is 9.48 Å². The lowest BCUT2D eigenvalue weighted by Crippen LogP contribution is -2.35. The third kappa shape index (κ3) is 5.67. The molecule has 2 rings (SSSR count). The van der Waals surface area contributed by atoms with E-state index in [-0.39, 0.29) is 5.91 Å². The summed E-state index contributed by atoms with van der Waals surface area (Å²) >= 11 is 5.80. The molecule has 118 valence electrons. The fourth-order valence-corrected chi connectivity index (χ4v) is 2.93. The highest BCUT2D eigenvalue weighted by Gasteiger charge is 2.20. The smallest absolute Gasteiger partial charge is 0.220 e. The molecule has 0 saturated carbocycles. The van der Waals surface area contributed by atoms with Crippen LogP contribution in [0, 0.1) is 5.92 Å². The van der Waals surface area contributed by atoms with Gasteiger partial charge < -0.3 is 10.2 Å². The van der Waals surface area contributed by atoms with Crippen molar-refractivity contribution in [1.82, 2.24) is 20.0 Å². The Balaban J connectivity index is 1.55. The molecule has 1 fully saturated rings. The summed E-state index contributed by atoms with van der Waals surface area (Å²) in [5, 5.41) is 7.76. The number of carbonyl (C=O) groups is 1. The van der Waals surface area contributed by atoms with Gasteiger partial charge in [-0.1, -0.05) is 18.5 Å². The summed E-state index contributed by atoms with van der Waals surface area (Å²) in [5.74, 6) is 0.737. The maximum atomic E-state index is 11.9. The molecule has 1 amide bonds. The third-order valence-electron chi connectivity index (χ3n) is 4.12. The van der Waals surface area contributed by atoms with Gasteiger partial charge >= 0.3 is 0 Å². The van der Waals surface area contributed by atoms with Crippen LogP contribution in [0.5, 0.6) is 0 Å². The fourth-order valence-electron chi connectivity index (χ4n) is 2.77. The van der Waals surface area contributed by atoms with E-state index >= 15 is 0 Å². The van der Waals surface area contributed by atoms with E-state index in [1.54, 1.807) is 17.1 Å². The predicted molar refractivity (Wildman–Crippen MR) is 84.3 cm³/mol.